The van der Waals surface area contributed by atoms with E-state index < -0.39 is 36.0 Å². The molecule has 1 aromatic rings. The molecular formula is C12H11F5O3. The third-order valence-electron chi connectivity index (χ3n) is 2.46. The zero-order chi connectivity index (χ0) is 15.6. The summed E-state index contributed by atoms with van der Waals surface area (Å²) >= 11 is 0. The van der Waals surface area contributed by atoms with Crippen molar-refractivity contribution in [2.24, 2.45) is 0 Å². The quantitative estimate of drug-likeness (QED) is 0.848. The maximum Gasteiger partial charge on any atom is 0.422 e. The first-order valence-electron chi connectivity index (χ1n) is 5.52. The largest absolute Gasteiger partial charge is 0.483 e. The molecule has 0 atom stereocenters. The average Bonchev–Trinajstić information content (AvgIpc) is 2.34. The van der Waals surface area contributed by atoms with E-state index >= 15 is 0 Å². The zero-order valence-corrected chi connectivity index (χ0v) is 10.3. The minimum absolute atomic E-state index is 0.0766. The molecule has 0 radical (unpaired) electrons. The topological polar surface area (TPSA) is 46.5 Å². The van der Waals surface area contributed by atoms with Gasteiger partial charge in [0, 0.05) is 0 Å². The molecule has 3 nitrogen and oxygen atoms in total. The summed E-state index contributed by atoms with van der Waals surface area (Å²) in [5.41, 5.74) is -1.01. The third-order valence-corrected chi connectivity index (χ3v) is 2.46. The van der Waals surface area contributed by atoms with Crippen LogP contribution in [0, 0.1) is 0 Å². The standard InChI is InChI=1S/C12H11F5O3/c1-2-7-4-3-5-8(12(16,17)10(18)19)9(7)20-6-11(13,14)15/h3-5H,2,6H2,1H3,(H,18,19). The van der Waals surface area contributed by atoms with Gasteiger partial charge in [0.1, 0.15) is 5.75 Å². The number of carboxylic acid groups (broad SMARTS) is 1. The lowest BCUT2D eigenvalue weighted by atomic mass is 10.0. The zero-order valence-electron chi connectivity index (χ0n) is 10.3. The molecule has 0 aromatic heterocycles. The maximum atomic E-state index is 13.5. The van der Waals surface area contributed by atoms with Gasteiger partial charge in [-0.3, -0.25) is 0 Å². The Morgan fingerprint density at radius 3 is 2.30 bits per heavy atom. The van der Waals surface area contributed by atoms with E-state index in [4.69, 9.17) is 5.11 Å². The number of hydrogen-bond acceptors (Lipinski definition) is 2. The van der Waals surface area contributed by atoms with Gasteiger partial charge in [-0.1, -0.05) is 19.1 Å². The van der Waals surface area contributed by atoms with E-state index in [1.54, 1.807) is 0 Å². The summed E-state index contributed by atoms with van der Waals surface area (Å²) in [6, 6.07) is 3.18. The van der Waals surface area contributed by atoms with Crippen molar-refractivity contribution in [1.82, 2.24) is 0 Å². The Kier molecular flexibility index (Phi) is 4.57. The number of alkyl halides is 5. The first-order valence-corrected chi connectivity index (χ1v) is 5.52. The van der Waals surface area contributed by atoms with Gasteiger partial charge in [0.25, 0.3) is 0 Å². The van der Waals surface area contributed by atoms with E-state index in [0.29, 0.717) is 0 Å². The molecule has 8 heteroatoms. The summed E-state index contributed by atoms with van der Waals surface area (Å²) in [5, 5.41) is 8.48. The molecule has 0 bridgehead atoms. The molecule has 1 N–H and O–H groups in total. The Labute approximate surface area is 111 Å². The molecule has 0 unspecified atom stereocenters. The van der Waals surface area contributed by atoms with Gasteiger partial charge in [-0.2, -0.15) is 22.0 Å². The fourth-order valence-electron chi connectivity index (χ4n) is 1.55. The lowest BCUT2D eigenvalue weighted by molar-refractivity contribution is -0.167. The Morgan fingerprint density at radius 1 is 1.25 bits per heavy atom. The number of ether oxygens (including phenoxy) is 1. The summed E-state index contributed by atoms with van der Waals surface area (Å²) in [6.45, 7) is -0.245. The molecule has 1 rings (SSSR count). The van der Waals surface area contributed by atoms with E-state index in [2.05, 4.69) is 4.74 Å². The van der Waals surface area contributed by atoms with E-state index in [1.165, 1.54) is 13.0 Å². The number of carbonyl (C=O) groups is 1. The molecule has 0 fully saturated rings. The Bertz CT molecular complexity index is 496. The summed E-state index contributed by atoms with van der Waals surface area (Å²) in [5.74, 6) is -7.52. The average molecular weight is 298 g/mol. The maximum absolute atomic E-state index is 13.5. The first-order chi connectivity index (χ1) is 9.09. The summed E-state index contributed by atoms with van der Waals surface area (Å²) < 4.78 is 67.8. The van der Waals surface area contributed by atoms with Crippen LogP contribution in [-0.2, 0) is 17.1 Å². The molecule has 0 amide bonds. The lowest BCUT2D eigenvalue weighted by Crippen LogP contribution is -2.28. The monoisotopic (exact) mass is 298 g/mol. The van der Waals surface area contributed by atoms with Crippen LogP contribution in [0.3, 0.4) is 0 Å². The van der Waals surface area contributed by atoms with Gasteiger partial charge in [0.05, 0.1) is 5.56 Å². The fraction of sp³-hybridized carbons (Fsp3) is 0.417. The molecule has 0 saturated heterocycles. The summed E-state index contributed by atoms with van der Waals surface area (Å²) in [4.78, 5) is 10.5. The van der Waals surface area contributed by atoms with Gasteiger partial charge >= 0.3 is 18.1 Å². The number of aliphatic carboxylic acids is 1. The highest BCUT2D eigenvalue weighted by Gasteiger charge is 2.44. The number of para-hydroxylation sites is 1. The van der Waals surface area contributed by atoms with Crippen molar-refractivity contribution < 1.29 is 36.6 Å². The molecular weight excluding hydrogens is 287 g/mol. The highest BCUT2D eigenvalue weighted by molar-refractivity contribution is 5.78. The summed E-state index contributed by atoms with van der Waals surface area (Å²) in [7, 11) is 0. The minimum atomic E-state index is -4.71. The van der Waals surface area contributed by atoms with Gasteiger partial charge in [0.15, 0.2) is 6.61 Å². The second-order valence-electron chi connectivity index (χ2n) is 3.93. The third kappa shape index (κ3) is 3.58. The fourth-order valence-corrected chi connectivity index (χ4v) is 1.55. The molecule has 0 heterocycles. The molecule has 0 saturated carbocycles. The van der Waals surface area contributed by atoms with Gasteiger partial charge < -0.3 is 9.84 Å². The van der Waals surface area contributed by atoms with Crippen LogP contribution < -0.4 is 4.74 Å². The van der Waals surface area contributed by atoms with Gasteiger partial charge in [0.2, 0.25) is 0 Å². The number of aryl methyl sites for hydroxylation is 1. The second-order valence-corrected chi connectivity index (χ2v) is 3.93. The van der Waals surface area contributed by atoms with E-state index in [-0.39, 0.29) is 12.0 Å². The number of halogens is 5. The summed E-state index contributed by atoms with van der Waals surface area (Å²) in [6.07, 6.45) is -4.59. The van der Waals surface area contributed by atoms with Crippen LogP contribution in [-0.4, -0.2) is 23.9 Å². The van der Waals surface area contributed by atoms with Crippen LogP contribution in [0.25, 0.3) is 0 Å². The molecule has 0 aliphatic heterocycles. The van der Waals surface area contributed by atoms with Crippen LogP contribution in [0.5, 0.6) is 5.75 Å². The predicted octanol–water partition coefficient (Wildman–Crippen LogP) is 3.37. The molecule has 1 aromatic carbocycles. The molecule has 0 aliphatic carbocycles. The Hall–Kier alpha value is -1.86. The van der Waals surface area contributed by atoms with Crippen LogP contribution >= 0.6 is 0 Å². The number of carboxylic acids is 1. The lowest BCUT2D eigenvalue weighted by Gasteiger charge is -2.19. The van der Waals surface area contributed by atoms with Crippen molar-refractivity contribution in [3.63, 3.8) is 0 Å². The van der Waals surface area contributed by atoms with Crippen LogP contribution in [0.2, 0.25) is 0 Å². The SMILES string of the molecule is CCc1cccc(C(F)(F)C(=O)O)c1OCC(F)(F)F. The van der Waals surface area contributed by atoms with Crippen molar-refractivity contribution in [2.45, 2.75) is 25.4 Å². The Morgan fingerprint density at radius 2 is 1.85 bits per heavy atom. The molecule has 0 spiro atoms. The van der Waals surface area contributed by atoms with Crippen LogP contribution in [0.4, 0.5) is 22.0 Å². The van der Waals surface area contributed by atoms with E-state index in [1.807, 2.05) is 0 Å². The normalized spacial score (nSPS) is 12.3. The van der Waals surface area contributed by atoms with E-state index in [9.17, 15) is 26.7 Å². The van der Waals surface area contributed by atoms with Gasteiger partial charge in [-0.15, -0.1) is 0 Å². The minimum Gasteiger partial charge on any atom is -0.483 e. The van der Waals surface area contributed by atoms with Crippen molar-refractivity contribution in [2.75, 3.05) is 6.61 Å². The second kappa shape index (κ2) is 5.64. The van der Waals surface area contributed by atoms with Crippen LogP contribution in [0.15, 0.2) is 18.2 Å². The van der Waals surface area contributed by atoms with Crippen molar-refractivity contribution in [3.8, 4) is 5.75 Å². The molecule has 0 aliphatic rings. The highest BCUT2D eigenvalue weighted by Crippen LogP contribution is 2.38. The number of hydrogen-bond donors (Lipinski definition) is 1. The van der Waals surface area contributed by atoms with Gasteiger partial charge in [-0.25, -0.2) is 4.79 Å². The van der Waals surface area contributed by atoms with Crippen molar-refractivity contribution in [3.05, 3.63) is 29.3 Å². The Balaban J connectivity index is 3.28. The number of benzene rings is 1. The van der Waals surface area contributed by atoms with Crippen LogP contribution in [0.1, 0.15) is 18.1 Å². The van der Waals surface area contributed by atoms with Crippen molar-refractivity contribution >= 4 is 5.97 Å². The highest BCUT2D eigenvalue weighted by atomic mass is 19.4. The first kappa shape index (κ1) is 16.2. The smallest absolute Gasteiger partial charge is 0.422 e. The van der Waals surface area contributed by atoms with Gasteiger partial charge in [-0.05, 0) is 18.1 Å². The van der Waals surface area contributed by atoms with Crippen molar-refractivity contribution in [1.29, 1.82) is 0 Å². The predicted molar refractivity (Wildman–Crippen MR) is 58.9 cm³/mol. The molecule has 112 valence electrons. The van der Waals surface area contributed by atoms with E-state index in [0.717, 1.165) is 12.1 Å². The number of rotatable bonds is 5. The molecule has 20 heavy (non-hydrogen) atoms.